The Morgan fingerprint density at radius 1 is 0.750 bits per heavy atom. The lowest BCUT2D eigenvalue weighted by atomic mass is 10.1. The van der Waals surface area contributed by atoms with Crippen LogP contribution in [0.25, 0.3) is 0 Å². The number of halogens is 2. The van der Waals surface area contributed by atoms with Gasteiger partial charge >= 0.3 is 5.72 Å². The van der Waals surface area contributed by atoms with E-state index in [-0.39, 0.29) is 0 Å². The van der Waals surface area contributed by atoms with Gasteiger partial charge in [0.1, 0.15) is 5.75 Å². The van der Waals surface area contributed by atoms with Crippen LogP contribution < -0.4 is 9.64 Å². The fourth-order valence-electron chi connectivity index (χ4n) is 3.08. The summed E-state index contributed by atoms with van der Waals surface area (Å²) in [5.41, 5.74) is -1.06. The van der Waals surface area contributed by atoms with Crippen LogP contribution in [0.15, 0.2) is 88.7 Å². The predicted octanol–water partition coefficient (Wildman–Crippen LogP) is 5.60. The summed E-state index contributed by atoms with van der Waals surface area (Å²) in [6.07, 6.45) is 0. The number of nitrogens with zero attached hydrogens (tertiary/aromatic N) is 1. The molecule has 7 heteroatoms. The normalized spacial score (nSPS) is 12.7. The molecule has 0 aromatic heterocycles. The highest BCUT2D eigenvalue weighted by atomic mass is 35.5. The molecule has 0 radical (unpaired) electrons. The molecular weight excluding hydrogens is 417 g/mol. The number of rotatable bonds is 5. The molecule has 0 unspecified atom stereocenters. The molecule has 3 aromatic rings. The number of carbonyl (C=O) groups is 2. The van der Waals surface area contributed by atoms with Crippen molar-refractivity contribution >= 4 is 56.8 Å². The maximum absolute atomic E-state index is 12.7. The van der Waals surface area contributed by atoms with Crippen LogP contribution in [0.4, 0.5) is 11.4 Å². The highest BCUT2D eigenvalue weighted by Gasteiger charge is 2.55. The summed E-state index contributed by atoms with van der Waals surface area (Å²) in [7, 11) is 0. The van der Waals surface area contributed by atoms with Gasteiger partial charge in [-0.3, -0.25) is 14.5 Å². The Kier molecular flexibility index (Phi) is 5.06. The van der Waals surface area contributed by atoms with E-state index < -0.39 is 16.2 Å². The van der Waals surface area contributed by atoms with Crippen molar-refractivity contribution in [2.24, 2.45) is 0 Å². The zero-order valence-corrected chi connectivity index (χ0v) is 16.7. The van der Waals surface area contributed by atoms with Gasteiger partial charge in [-0.05, 0) is 59.6 Å². The van der Waals surface area contributed by atoms with Crippen molar-refractivity contribution in [1.29, 1.82) is 0 Å². The summed E-state index contributed by atoms with van der Waals surface area (Å²) < 4.78 is 5.93. The van der Waals surface area contributed by atoms with Crippen molar-refractivity contribution in [2.45, 2.75) is 15.5 Å². The van der Waals surface area contributed by atoms with Crippen molar-refractivity contribution in [1.82, 2.24) is 0 Å². The van der Waals surface area contributed by atoms with Crippen molar-refractivity contribution < 1.29 is 14.3 Å². The predicted molar refractivity (Wildman–Crippen MR) is 111 cm³/mol. The van der Waals surface area contributed by atoms with Crippen LogP contribution in [0.3, 0.4) is 0 Å². The number of benzene rings is 3. The van der Waals surface area contributed by atoms with Gasteiger partial charge in [0.2, 0.25) is 0 Å². The van der Waals surface area contributed by atoms with Crippen LogP contribution in [0.5, 0.6) is 5.75 Å². The van der Waals surface area contributed by atoms with Gasteiger partial charge in [0.05, 0.1) is 11.4 Å². The van der Waals surface area contributed by atoms with E-state index in [0.717, 1.165) is 9.79 Å². The van der Waals surface area contributed by atoms with Gasteiger partial charge in [-0.15, -0.1) is 0 Å². The van der Waals surface area contributed by atoms with Gasteiger partial charge in [0.25, 0.3) is 10.5 Å². The first-order valence-electron chi connectivity index (χ1n) is 8.34. The maximum atomic E-state index is 12.7. The molecule has 1 aliphatic rings. The molecule has 0 atom stereocenters. The maximum Gasteiger partial charge on any atom is 0.337 e. The first-order valence-corrected chi connectivity index (χ1v) is 9.91. The fourth-order valence-corrected chi connectivity index (χ4v) is 4.61. The molecule has 0 fully saturated rings. The molecule has 0 aliphatic carbocycles. The minimum Gasteiger partial charge on any atom is -0.451 e. The van der Waals surface area contributed by atoms with E-state index in [9.17, 15) is 9.59 Å². The lowest BCUT2D eigenvalue weighted by molar-refractivity contribution is -0.137. The largest absolute Gasteiger partial charge is 0.451 e. The molecule has 1 aliphatic heterocycles. The third kappa shape index (κ3) is 3.05. The second-order valence-electron chi connectivity index (χ2n) is 5.98. The molecule has 28 heavy (non-hydrogen) atoms. The molecule has 0 N–H and O–H groups in total. The van der Waals surface area contributed by atoms with Crippen molar-refractivity contribution in [2.75, 3.05) is 4.90 Å². The fraction of sp³-hybridized carbons (Fsp3) is 0.0476. The SMILES string of the molecule is O=C(Cl)C(Oc1ccccc1)(C(=O)Cl)N1c2ccccc2Sc2ccccc21. The Morgan fingerprint density at radius 3 is 1.71 bits per heavy atom. The Bertz CT molecular complexity index is 999. The summed E-state index contributed by atoms with van der Waals surface area (Å²) in [6.45, 7) is 0. The minimum atomic E-state index is -2.27. The summed E-state index contributed by atoms with van der Waals surface area (Å²) in [5, 5.41) is -2.07. The summed E-state index contributed by atoms with van der Waals surface area (Å²) in [4.78, 5) is 28.6. The van der Waals surface area contributed by atoms with Gasteiger partial charge in [0.15, 0.2) is 0 Å². The molecule has 0 saturated heterocycles. The van der Waals surface area contributed by atoms with Crippen molar-refractivity contribution in [3.05, 3.63) is 78.9 Å². The highest BCUT2D eigenvalue weighted by Crippen LogP contribution is 2.51. The Hall–Kier alpha value is -2.47. The van der Waals surface area contributed by atoms with Crippen LogP contribution in [0, 0.1) is 0 Å². The third-order valence-corrected chi connectivity index (χ3v) is 5.93. The second-order valence-corrected chi connectivity index (χ2v) is 7.75. The first kappa shape index (κ1) is 18.9. The first-order chi connectivity index (χ1) is 13.5. The molecule has 4 nitrogen and oxygen atoms in total. The van der Waals surface area contributed by atoms with Crippen LogP contribution in [0.2, 0.25) is 0 Å². The zero-order valence-electron chi connectivity index (χ0n) is 14.3. The van der Waals surface area contributed by atoms with Crippen LogP contribution in [-0.4, -0.2) is 16.2 Å². The van der Waals surface area contributed by atoms with Gasteiger partial charge in [-0.1, -0.05) is 54.2 Å². The Morgan fingerprint density at radius 2 is 1.21 bits per heavy atom. The van der Waals surface area contributed by atoms with Crippen molar-refractivity contribution in [3.8, 4) is 5.75 Å². The van der Waals surface area contributed by atoms with Gasteiger partial charge in [-0.2, -0.15) is 0 Å². The molecule has 0 amide bonds. The quantitative estimate of drug-likeness (QED) is 0.390. The van der Waals surface area contributed by atoms with Crippen molar-refractivity contribution in [3.63, 3.8) is 0 Å². The molecule has 0 spiro atoms. The molecular formula is C21H13Cl2NO3S. The van der Waals surface area contributed by atoms with Crippen LogP contribution >= 0.6 is 35.0 Å². The van der Waals surface area contributed by atoms with Gasteiger partial charge < -0.3 is 4.74 Å². The number of ether oxygens (including phenoxy) is 1. The van der Waals surface area contributed by atoms with E-state index in [2.05, 4.69) is 0 Å². The van der Waals surface area contributed by atoms with E-state index >= 15 is 0 Å². The average molecular weight is 430 g/mol. The molecule has 0 bridgehead atoms. The number of anilines is 2. The minimum absolute atomic E-state index is 0.290. The number of fused-ring (bicyclic) bond motifs is 2. The van der Waals surface area contributed by atoms with E-state index in [1.54, 1.807) is 42.5 Å². The molecule has 1 heterocycles. The highest BCUT2D eigenvalue weighted by molar-refractivity contribution is 7.99. The summed E-state index contributed by atoms with van der Waals surface area (Å²) in [6, 6.07) is 23.3. The number of hydrogen-bond acceptors (Lipinski definition) is 5. The number of para-hydroxylation sites is 3. The Balaban J connectivity index is 1.99. The van der Waals surface area contributed by atoms with Crippen LogP contribution in [-0.2, 0) is 9.59 Å². The lowest BCUT2D eigenvalue weighted by Crippen LogP contribution is -2.60. The Labute approximate surface area is 176 Å². The molecule has 4 rings (SSSR count). The molecule has 3 aromatic carbocycles. The summed E-state index contributed by atoms with van der Waals surface area (Å²) in [5.74, 6) is 0.290. The van der Waals surface area contributed by atoms with E-state index in [0.29, 0.717) is 17.1 Å². The van der Waals surface area contributed by atoms with E-state index in [4.69, 9.17) is 27.9 Å². The van der Waals surface area contributed by atoms with Gasteiger partial charge in [-0.25, -0.2) is 0 Å². The average Bonchev–Trinajstić information content (AvgIpc) is 2.71. The molecule has 0 saturated carbocycles. The second kappa shape index (κ2) is 7.51. The summed E-state index contributed by atoms with van der Waals surface area (Å²) >= 11 is 13.5. The van der Waals surface area contributed by atoms with E-state index in [1.807, 2.05) is 36.4 Å². The number of carbonyl (C=O) groups excluding carboxylic acids is 2. The van der Waals surface area contributed by atoms with Crippen LogP contribution in [0.1, 0.15) is 0 Å². The lowest BCUT2D eigenvalue weighted by Gasteiger charge is -2.42. The smallest absolute Gasteiger partial charge is 0.337 e. The van der Waals surface area contributed by atoms with E-state index in [1.165, 1.54) is 16.7 Å². The third-order valence-electron chi connectivity index (χ3n) is 4.29. The standard InChI is InChI=1S/C21H13Cl2NO3S/c22-19(25)21(20(23)26,27-14-8-2-1-3-9-14)24-15-10-4-6-12-17(15)28-18-13-7-5-11-16(18)24/h1-13H. The zero-order chi connectivity index (χ0) is 19.7. The monoisotopic (exact) mass is 429 g/mol. The number of hydrogen-bond donors (Lipinski definition) is 0. The van der Waals surface area contributed by atoms with Gasteiger partial charge in [0, 0.05) is 9.79 Å². The molecule has 140 valence electrons. The topological polar surface area (TPSA) is 46.6 Å².